The van der Waals surface area contributed by atoms with Crippen molar-refractivity contribution in [3.05, 3.63) is 30.1 Å². The Labute approximate surface area is 121 Å². The first kappa shape index (κ1) is 15.0. The summed E-state index contributed by atoms with van der Waals surface area (Å²) in [5, 5.41) is 0. The topological polar surface area (TPSA) is 72.6 Å². The van der Waals surface area contributed by atoms with Gasteiger partial charge in [-0.1, -0.05) is 6.07 Å². The highest BCUT2D eigenvalue weighted by Crippen LogP contribution is 2.33. The molecule has 0 bridgehead atoms. The van der Waals surface area contributed by atoms with E-state index in [-0.39, 0.29) is 31.7 Å². The molecule has 1 heterocycles. The highest BCUT2D eigenvalue weighted by atomic mass is 19.1. The molecule has 110 valence electrons. The lowest BCUT2D eigenvalue weighted by Gasteiger charge is -2.42. The summed E-state index contributed by atoms with van der Waals surface area (Å²) in [6.45, 7) is 0.541. The first-order valence-electron chi connectivity index (χ1n) is 6.45. The van der Waals surface area contributed by atoms with E-state index < -0.39 is 23.2 Å². The third-order valence-corrected chi connectivity index (χ3v) is 3.60. The summed E-state index contributed by atoms with van der Waals surface area (Å²) >= 11 is 0. The molecule has 6 heteroatoms. The molecule has 0 atom stereocenters. The molecule has 1 aliphatic rings. The standard InChI is InChI=1S/C15H15FN2O3/c1-2-13(19)18(12-5-3-4-11(16)10-12)15(14(17)20)6-8-21-9-7-15/h1,3-5,10H,6-9H2,(H2,17,20). The summed E-state index contributed by atoms with van der Waals surface area (Å²) in [6.07, 6.45) is 5.62. The summed E-state index contributed by atoms with van der Waals surface area (Å²) in [5.41, 5.74) is 4.43. The molecule has 1 saturated heterocycles. The SMILES string of the molecule is C#CC(=O)N(c1cccc(F)c1)C1(C(N)=O)CCOCC1. The average molecular weight is 290 g/mol. The number of benzene rings is 1. The molecule has 1 aromatic carbocycles. The van der Waals surface area contributed by atoms with Crippen LogP contribution >= 0.6 is 0 Å². The van der Waals surface area contributed by atoms with Crippen molar-refractivity contribution < 1.29 is 18.7 Å². The first-order chi connectivity index (χ1) is 10.0. The van der Waals surface area contributed by atoms with Gasteiger partial charge in [0.2, 0.25) is 5.91 Å². The third-order valence-electron chi connectivity index (χ3n) is 3.60. The predicted molar refractivity (Wildman–Crippen MR) is 74.7 cm³/mol. The highest BCUT2D eigenvalue weighted by Gasteiger charge is 2.47. The molecule has 2 amide bonds. The largest absolute Gasteiger partial charge is 0.381 e. The van der Waals surface area contributed by atoms with Crippen LogP contribution in [0, 0.1) is 18.2 Å². The molecule has 0 aliphatic carbocycles. The number of terminal acetylenes is 1. The molecule has 21 heavy (non-hydrogen) atoms. The number of amides is 2. The number of carbonyl (C=O) groups is 2. The van der Waals surface area contributed by atoms with Gasteiger partial charge in [-0.3, -0.25) is 14.5 Å². The van der Waals surface area contributed by atoms with E-state index >= 15 is 0 Å². The number of halogens is 1. The van der Waals surface area contributed by atoms with Gasteiger partial charge in [0.05, 0.1) is 0 Å². The lowest BCUT2D eigenvalue weighted by atomic mass is 9.86. The number of nitrogens with two attached hydrogens (primary N) is 1. The second-order valence-corrected chi connectivity index (χ2v) is 4.77. The van der Waals surface area contributed by atoms with Gasteiger partial charge in [0, 0.05) is 31.7 Å². The van der Waals surface area contributed by atoms with Gasteiger partial charge in [-0.25, -0.2) is 4.39 Å². The predicted octanol–water partition coefficient (Wildman–Crippen LogP) is 0.826. The van der Waals surface area contributed by atoms with Crippen molar-refractivity contribution in [2.45, 2.75) is 18.4 Å². The van der Waals surface area contributed by atoms with Gasteiger partial charge in [0.1, 0.15) is 11.4 Å². The summed E-state index contributed by atoms with van der Waals surface area (Å²) in [6, 6.07) is 5.34. The van der Waals surface area contributed by atoms with E-state index in [4.69, 9.17) is 16.9 Å². The van der Waals surface area contributed by atoms with Crippen LogP contribution in [0.4, 0.5) is 10.1 Å². The van der Waals surface area contributed by atoms with Crippen molar-refractivity contribution in [2.75, 3.05) is 18.1 Å². The van der Waals surface area contributed by atoms with E-state index in [0.717, 1.165) is 11.0 Å². The number of primary amides is 1. The maximum absolute atomic E-state index is 13.5. The molecule has 1 fully saturated rings. The molecule has 0 spiro atoms. The van der Waals surface area contributed by atoms with Crippen molar-refractivity contribution in [1.29, 1.82) is 0 Å². The van der Waals surface area contributed by atoms with E-state index in [1.165, 1.54) is 18.2 Å². The quantitative estimate of drug-likeness (QED) is 0.838. The van der Waals surface area contributed by atoms with Gasteiger partial charge in [-0.2, -0.15) is 0 Å². The Hall–Kier alpha value is -2.39. The number of nitrogens with zero attached hydrogens (tertiary/aromatic N) is 1. The van der Waals surface area contributed by atoms with Crippen LogP contribution in [0.5, 0.6) is 0 Å². The third kappa shape index (κ3) is 2.73. The fourth-order valence-corrected chi connectivity index (χ4v) is 2.53. The van der Waals surface area contributed by atoms with Crippen molar-refractivity contribution in [1.82, 2.24) is 0 Å². The average Bonchev–Trinajstić information content (AvgIpc) is 2.48. The number of rotatable bonds is 3. The van der Waals surface area contributed by atoms with Crippen LogP contribution < -0.4 is 10.6 Å². The Balaban J connectivity index is 2.56. The van der Waals surface area contributed by atoms with Gasteiger partial charge in [-0.15, -0.1) is 6.42 Å². The maximum Gasteiger partial charge on any atom is 0.303 e. The Morgan fingerprint density at radius 1 is 1.38 bits per heavy atom. The number of carbonyl (C=O) groups excluding carboxylic acids is 2. The van der Waals surface area contributed by atoms with Crippen molar-refractivity contribution in [2.24, 2.45) is 5.73 Å². The molecule has 2 N–H and O–H groups in total. The molecular weight excluding hydrogens is 275 g/mol. The minimum absolute atomic E-state index is 0.207. The molecule has 1 aliphatic heterocycles. The van der Waals surface area contributed by atoms with Gasteiger partial charge < -0.3 is 10.5 Å². The fraction of sp³-hybridized carbons (Fsp3) is 0.333. The summed E-state index contributed by atoms with van der Waals surface area (Å²) < 4.78 is 18.7. The number of ether oxygens (including phenoxy) is 1. The normalized spacial score (nSPS) is 16.8. The maximum atomic E-state index is 13.5. The zero-order valence-corrected chi connectivity index (χ0v) is 11.3. The summed E-state index contributed by atoms with van der Waals surface area (Å²) in [5.74, 6) is 0.0259. The highest BCUT2D eigenvalue weighted by molar-refractivity contribution is 6.11. The Bertz CT molecular complexity index is 603. The zero-order valence-electron chi connectivity index (χ0n) is 11.3. The molecular formula is C15H15FN2O3. The first-order valence-corrected chi connectivity index (χ1v) is 6.45. The number of hydrogen-bond donors (Lipinski definition) is 1. The van der Waals surface area contributed by atoms with Crippen LogP contribution in [0.3, 0.4) is 0 Å². The molecule has 0 unspecified atom stereocenters. The van der Waals surface area contributed by atoms with Gasteiger partial charge in [-0.05, 0) is 24.1 Å². The van der Waals surface area contributed by atoms with E-state index in [9.17, 15) is 14.0 Å². The van der Waals surface area contributed by atoms with Crippen molar-refractivity contribution in [3.8, 4) is 12.3 Å². The smallest absolute Gasteiger partial charge is 0.303 e. The monoisotopic (exact) mass is 290 g/mol. The van der Waals surface area contributed by atoms with E-state index in [0.29, 0.717) is 0 Å². The summed E-state index contributed by atoms with van der Waals surface area (Å²) in [4.78, 5) is 25.3. The van der Waals surface area contributed by atoms with Crippen molar-refractivity contribution >= 4 is 17.5 Å². The van der Waals surface area contributed by atoms with E-state index in [1.807, 2.05) is 5.92 Å². The van der Waals surface area contributed by atoms with Crippen LogP contribution in [0.15, 0.2) is 24.3 Å². The molecule has 0 aromatic heterocycles. The number of hydrogen-bond acceptors (Lipinski definition) is 3. The molecule has 0 radical (unpaired) electrons. The van der Waals surface area contributed by atoms with Crippen LogP contribution in [0.1, 0.15) is 12.8 Å². The van der Waals surface area contributed by atoms with Crippen LogP contribution in [0.2, 0.25) is 0 Å². The van der Waals surface area contributed by atoms with Crippen LogP contribution in [0.25, 0.3) is 0 Å². The van der Waals surface area contributed by atoms with Crippen LogP contribution in [-0.4, -0.2) is 30.6 Å². The molecule has 0 saturated carbocycles. The second kappa shape index (κ2) is 5.94. The number of anilines is 1. The zero-order chi connectivity index (χ0) is 15.5. The minimum Gasteiger partial charge on any atom is -0.381 e. The minimum atomic E-state index is -1.30. The Kier molecular flexibility index (Phi) is 4.24. The molecule has 5 nitrogen and oxygen atoms in total. The second-order valence-electron chi connectivity index (χ2n) is 4.77. The fourth-order valence-electron chi connectivity index (χ4n) is 2.53. The molecule has 1 aromatic rings. The summed E-state index contributed by atoms with van der Waals surface area (Å²) in [7, 11) is 0. The van der Waals surface area contributed by atoms with Gasteiger partial charge >= 0.3 is 5.91 Å². The lowest BCUT2D eigenvalue weighted by molar-refractivity contribution is -0.130. The van der Waals surface area contributed by atoms with Gasteiger partial charge in [0.15, 0.2) is 0 Å². The van der Waals surface area contributed by atoms with Crippen LogP contribution in [-0.2, 0) is 14.3 Å². The van der Waals surface area contributed by atoms with E-state index in [2.05, 4.69) is 0 Å². The Morgan fingerprint density at radius 3 is 2.57 bits per heavy atom. The lowest BCUT2D eigenvalue weighted by Crippen LogP contribution is -2.62. The Morgan fingerprint density at radius 2 is 2.05 bits per heavy atom. The van der Waals surface area contributed by atoms with Crippen molar-refractivity contribution in [3.63, 3.8) is 0 Å². The van der Waals surface area contributed by atoms with Gasteiger partial charge in [0.25, 0.3) is 0 Å². The van der Waals surface area contributed by atoms with E-state index in [1.54, 1.807) is 0 Å². The molecule has 2 rings (SSSR count).